The molecule has 0 aliphatic rings. The van der Waals surface area contributed by atoms with Crippen LogP contribution in [0.4, 0.5) is 0 Å². The second kappa shape index (κ2) is 5.81. The molecule has 7 aromatic rings. The molecule has 0 aliphatic carbocycles. The van der Waals surface area contributed by atoms with Crippen molar-refractivity contribution in [1.82, 2.24) is 0 Å². The van der Waals surface area contributed by atoms with E-state index in [0.717, 1.165) is 0 Å². The summed E-state index contributed by atoms with van der Waals surface area (Å²) in [5.74, 6) is 0. The van der Waals surface area contributed by atoms with Gasteiger partial charge in [-0.2, -0.15) is 0 Å². The van der Waals surface area contributed by atoms with Gasteiger partial charge < -0.3 is 0 Å². The maximum atomic E-state index is 2.34. The highest BCUT2D eigenvalue weighted by Crippen LogP contribution is 2.33. The van der Waals surface area contributed by atoms with Crippen molar-refractivity contribution in [2.45, 2.75) is 0 Å². The van der Waals surface area contributed by atoms with Gasteiger partial charge in [-0.05, 0) is 125 Å². The van der Waals surface area contributed by atoms with Gasteiger partial charge in [0.1, 0.15) is 0 Å². The van der Waals surface area contributed by atoms with E-state index in [1.807, 2.05) is 0 Å². The largest absolute Gasteiger partial charge is 0.0616 e. The fourth-order valence-electron chi connectivity index (χ4n) is 4.89. The van der Waals surface area contributed by atoms with Crippen LogP contribution in [0.5, 0.6) is 0 Å². The first-order valence-electron chi connectivity index (χ1n) is 10.4. The van der Waals surface area contributed by atoms with Gasteiger partial charge in [-0.3, -0.25) is 0 Å². The van der Waals surface area contributed by atoms with Gasteiger partial charge in [0, 0.05) is 0 Å². The summed E-state index contributed by atoms with van der Waals surface area (Å²) in [4.78, 5) is 0. The minimum Gasteiger partial charge on any atom is -0.0616 e. The summed E-state index contributed by atoms with van der Waals surface area (Å²) in [7, 11) is 0. The van der Waals surface area contributed by atoms with Crippen LogP contribution in [-0.4, -0.2) is 0 Å². The summed E-state index contributed by atoms with van der Waals surface area (Å²) in [6, 6.07) is 40.4. The Bertz CT molecular complexity index is 1530. The van der Waals surface area contributed by atoms with Crippen LogP contribution < -0.4 is 0 Å². The molecule has 138 valence electrons. The van der Waals surface area contributed by atoms with Crippen LogP contribution >= 0.6 is 0 Å². The topological polar surface area (TPSA) is 0 Å². The molecule has 0 heterocycles. The zero-order chi connectivity index (χ0) is 19.7. The highest BCUT2D eigenvalue weighted by atomic mass is 14.1. The SMILES string of the molecule is c1ccc2cc3cc4cc5cc6cc7ccccc7cc6cc5cc4cc3cc2c1. The molecule has 30 heavy (non-hydrogen) atoms. The fraction of sp³-hybridized carbons (Fsp3) is 0. The summed E-state index contributed by atoms with van der Waals surface area (Å²) >= 11 is 0. The van der Waals surface area contributed by atoms with E-state index in [0.29, 0.717) is 0 Å². The van der Waals surface area contributed by atoms with Gasteiger partial charge in [-0.25, -0.2) is 0 Å². The van der Waals surface area contributed by atoms with E-state index in [1.165, 1.54) is 64.6 Å². The predicted molar refractivity (Wildman–Crippen MR) is 131 cm³/mol. The first-order chi connectivity index (χ1) is 14.8. The molecule has 0 spiro atoms. The van der Waals surface area contributed by atoms with Crippen LogP contribution in [0.2, 0.25) is 0 Å². The Morgan fingerprint density at radius 3 is 0.567 bits per heavy atom. The molecular weight excluding hydrogens is 360 g/mol. The van der Waals surface area contributed by atoms with Gasteiger partial charge >= 0.3 is 0 Å². The summed E-state index contributed by atoms with van der Waals surface area (Å²) in [6.07, 6.45) is 0. The van der Waals surface area contributed by atoms with E-state index in [1.54, 1.807) is 0 Å². The predicted octanol–water partition coefficient (Wildman–Crippen LogP) is 8.61. The number of hydrogen-bond acceptors (Lipinski definition) is 0. The normalized spacial score (nSPS) is 12.0. The third-order valence-electron chi connectivity index (χ3n) is 6.44. The van der Waals surface area contributed by atoms with Gasteiger partial charge in [-0.15, -0.1) is 0 Å². The van der Waals surface area contributed by atoms with Crippen LogP contribution in [0.3, 0.4) is 0 Å². The van der Waals surface area contributed by atoms with Crippen molar-refractivity contribution >= 4 is 64.6 Å². The average molecular weight is 378 g/mol. The molecule has 0 unspecified atom stereocenters. The molecule has 0 bridgehead atoms. The quantitative estimate of drug-likeness (QED) is 0.232. The van der Waals surface area contributed by atoms with Crippen molar-refractivity contribution in [3.63, 3.8) is 0 Å². The molecule has 0 nitrogen and oxygen atoms in total. The molecule has 0 saturated heterocycles. The van der Waals surface area contributed by atoms with Crippen LogP contribution in [0.1, 0.15) is 0 Å². The Balaban J connectivity index is 1.54. The molecule has 7 aromatic carbocycles. The molecule has 0 saturated carbocycles. The molecule has 0 fully saturated rings. The maximum absolute atomic E-state index is 2.34. The highest BCUT2D eigenvalue weighted by Gasteiger charge is 2.05. The Labute approximate surface area is 174 Å². The highest BCUT2D eigenvalue weighted by molar-refractivity contribution is 6.11. The zero-order valence-corrected chi connectivity index (χ0v) is 16.4. The lowest BCUT2D eigenvalue weighted by molar-refractivity contribution is 1.78. The Morgan fingerprint density at radius 1 is 0.200 bits per heavy atom. The van der Waals surface area contributed by atoms with E-state index in [-0.39, 0.29) is 0 Å². The van der Waals surface area contributed by atoms with Crippen LogP contribution in [0.15, 0.2) is 109 Å². The molecular formula is C30H18. The van der Waals surface area contributed by atoms with E-state index < -0.39 is 0 Å². The van der Waals surface area contributed by atoms with Gasteiger partial charge in [0.15, 0.2) is 0 Å². The molecule has 0 N–H and O–H groups in total. The smallest absolute Gasteiger partial charge is 0.0171 e. The van der Waals surface area contributed by atoms with E-state index >= 15 is 0 Å². The third kappa shape index (κ3) is 2.34. The summed E-state index contributed by atoms with van der Waals surface area (Å²) in [5, 5.41) is 15.6. The van der Waals surface area contributed by atoms with Crippen molar-refractivity contribution in [3.05, 3.63) is 109 Å². The number of hydrogen-bond donors (Lipinski definition) is 0. The van der Waals surface area contributed by atoms with Gasteiger partial charge in [0.05, 0.1) is 0 Å². The number of benzene rings is 7. The summed E-state index contributed by atoms with van der Waals surface area (Å²) in [6.45, 7) is 0. The Hall–Kier alpha value is -3.90. The van der Waals surface area contributed by atoms with Crippen LogP contribution in [-0.2, 0) is 0 Å². The molecule has 0 amide bonds. The standard InChI is InChI=1S/C30H18/c1-2-6-20-10-24-14-28-18-30-16-26-12-22-8-4-3-7-21(22)11-25(26)15-29(30)17-27(28)13-23(24)9-19(20)5-1/h1-18H. The minimum atomic E-state index is 1.29. The lowest BCUT2D eigenvalue weighted by Gasteiger charge is -2.09. The first kappa shape index (κ1) is 16.0. The summed E-state index contributed by atoms with van der Waals surface area (Å²) < 4.78 is 0. The third-order valence-corrected chi connectivity index (χ3v) is 6.44. The molecule has 0 radical (unpaired) electrons. The molecule has 0 heteroatoms. The lowest BCUT2D eigenvalue weighted by atomic mass is 9.95. The molecule has 0 atom stereocenters. The molecule has 7 rings (SSSR count). The lowest BCUT2D eigenvalue weighted by Crippen LogP contribution is -1.82. The maximum Gasteiger partial charge on any atom is -0.0171 e. The van der Waals surface area contributed by atoms with Gasteiger partial charge in [0.2, 0.25) is 0 Å². The van der Waals surface area contributed by atoms with Gasteiger partial charge in [0.25, 0.3) is 0 Å². The van der Waals surface area contributed by atoms with E-state index in [2.05, 4.69) is 109 Å². The summed E-state index contributed by atoms with van der Waals surface area (Å²) in [5.41, 5.74) is 0. The van der Waals surface area contributed by atoms with Gasteiger partial charge in [-0.1, -0.05) is 48.5 Å². The Kier molecular flexibility index (Phi) is 3.09. The number of fused-ring (bicyclic) bond motifs is 6. The molecule has 0 aromatic heterocycles. The Morgan fingerprint density at radius 2 is 0.367 bits per heavy atom. The zero-order valence-electron chi connectivity index (χ0n) is 16.4. The van der Waals surface area contributed by atoms with Crippen molar-refractivity contribution in [3.8, 4) is 0 Å². The van der Waals surface area contributed by atoms with Crippen LogP contribution in [0, 0.1) is 0 Å². The second-order valence-corrected chi connectivity index (χ2v) is 8.34. The van der Waals surface area contributed by atoms with Crippen molar-refractivity contribution < 1.29 is 0 Å². The average Bonchev–Trinajstić information content (AvgIpc) is 2.77. The van der Waals surface area contributed by atoms with Crippen molar-refractivity contribution in [1.29, 1.82) is 0 Å². The number of rotatable bonds is 0. The first-order valence-corrected chi connectivity index (χ1v) is 10.4. The monoisotopic (exact) mass is 378 g/mol. The van der Waals surface area contributed by atoms with Crippen molar-refractivity contribution in [2.24, 2.45) is 0 Å². The van der Waals surface area contributed by atoms with E-state index in [4.69, 9.17) is 0 Å². The minimum absolute atomic E-state index is 1.29. The molecule has 0 aliphatic heterocycles. The second-order valence-electron chi connectivity index (χ2n) is 8.34. The fourth-order valence-corrected chi connectivity index (χ4v) is 4.89. The van der Waals surface area contributed by atoms with E-state index in [9.17, 15) is 0 Å². The van der Waals surface area contributed by atoms with Crippen LogP contribution in [0.25, 0.3) is 64.6 Å². The van der Waals surface area contributed by atoms with Crippen molar-refractivity contribution in [2.75, 3.05) is 0 Å².